The molecule has 2 amide bonds. The number of carbonyl (C=O) groups excluding carboxylic acids is 1. The average Bonchev–Trinajstić information content (AvgIpc) is 2.75. The maximum absolute atomic E-state index is 13.3. The molecule has 2 aromatic rings. The number of aromatic nitrogens is 1. The van der Waals surface area contributed by atoms with Gasteiger partial charge in [0.15, 0.2) is 0 Å². The van der Waals surface area contributed by atoms with Gasteiger partial charge >= 0.3 is 12.0 Å². The van der Waals surface area contributed by atoms with Crippen LogP contribution in [-0.2, 0) is 24.1 Å². The summed E-state index contributed by atoms with van der Waals surface area (Å²) >= 11 is 0. The van der Waals surface area contributed by atoms with Crippen molar-refractivity contribution in [2.45, 2.75) is 32.2 Å². The number of morpholine rings is 1. The van der Waals surface area contributed by atoms with Gasteiger partial charge in [-0.2, -0.15) is 0 Å². The monoisotopic (exact) mass is 397 g/mol. The zero-order chi connectivity index (χ0) is 20.1. The molecule has 152 valence electrons. The molecule has 0 unspecified atom stereocenters. The fraction of sp³-hybridized carbons (Fsp3) is 0.476. The molecule has 1 N–H and O–H groups in total. The van der Waals surface area contributed by atoms with Crippen molar-refractivity contribution in [3.63, 3.8) is 0 Å². The van der Waals surface area contributed by atoms with Crippen molar-refractivity contribution in [2.24, 2.45) is 0 Å². The van der Waals surface area contributed by atoms with Crippen molar-refractivity contribution in [3.8, 4) is 0 Å². The number of aromatic carboxylic acids is 1. The topological polar surface area (TPSA) is 92.1 Å². The van der Waals surface area contributed by atoms with E-state index in [0.717, 1.165) is 48.0 Å². The van der Waals surface area contributed by atoms with Gasteiger partial charge in [0.25, 0.3) is 0 Å². The Kier molecular flexibility index (Phi) is 4.31. The smallest absolute Gasteiger partial charge is 0.341 e. The Labute approximate surface area is 167 Å². The molecule has 3 aliphatic rings. The molecular formula is C21H23N3O5. The van der Waals surface area contributed by atoms with Crippen LogP contribution < -0.4 is 10.3 Å². The Bertz CT molecular complexity index is 1080. The van der Waals surface area contributed by atoms with Crippen molar-refractivity contribution in [1.29, 1.82) is 0 Å². The predicted octanol–water partition coefficient (Wildman–Crippen LogP) is 1.85. The molecule has 1 aromatic heterocycles. The molecule has 3 aliphatic heterocycles. The molecule has 1 aromatic carbocycles. The second-order valence-electron chi connectivity index (χ2n) is 7.87. The van der Waals surface area contributed by atoms with E-state index in [4.69, 9.17) is 4.74 Å². The lowest BCUT2D eigenvalue weighted by Crippen LogP contribution is -2.50. The van der Waals surface area contributed by atoms with Gasteiger partial charge in [0.1, 0.15) is 5.56 Å². The number of anilines is 1. The number of hydrogen-bond acceptors (Lipinski definition) is 4. The van der Waals surface area contributed by atoms with Gasteiger partial charge in [-0.1, -0.05) is 0 Å². The summed E-state index contributed by atoms with van der Waals surface area (Å²) in [6.07, 6.45) is 4.68. The van der Waals surface area contributed by atoms with Gasteiger partial charge in [0.2, 0.25) is 5.43 Å². The Morgan fingerprint density at radius 3 is 2.55 bits per heavy atom. The molecule has 5 rings (SSSR count). The summed E-state index contributed by atoms with van der Waals surface area (Å²) in [6, 6.07) is 1.82. The largest absolute Gasteiger partial charge is 0.477 e. The van der Waals surface area contributed by atoms with E-state index in [1.54, 1.807) is 0 Å². The molecule has 8 nitrogen and oxygen atoms in total. The molecule has 1 saturated heterocycles. The Balaban J connectivity index is 1.71. The fourth-order valence-corrected chi connectivity index (χ4v) is 4.88. The Hall–Kier alpha value is -2.87. The summed E-state index contributed by atoms with van der Waals surface area (Å²) in [5, 5.41) is 9.91. The predicted molar refractivity (Wildman–Crippen MR) is 107 cm³/mol. The van der Waals surface area contributed by atoms with Crippen molar-refractivity contribution in [1.82, 2.24) is 9.47 Å². The summed E-state index contributed by atoms with van der Waals surface area (Å²) in [6.45, 7) is 3.59. The minimum Gasteiger partial charge on any atom is -0.477 e. The first-order chi connectivity index (χ1) is 14.1. The number of amides is 2. The molecule has 0 saturated carbocycles. The maximum Gasteiger partial charge on any atom is 0.341 e. The number of carbonyl (C=O) groups is 2. The third-order valence-corrected chi connectivity index (χ3v) is 6.18. The normalized spacial score (nSPS) is 18.6. The number of aryl methyl sites for hydroxylation is 3. The molecule has 1 fully saturated rings. The number of carboxylic acid groups (broad SMARTS) is 1. The molecule has 0 spiro atoms. The number of nitrogens with zero attached hydrogens (tertiary/aromatic N) is 3. The number of carboxylic acids is 1. The van der Waals surface area contributed by atoms with E-state index >= 15 is 0 Å². The molecule has 29 heavy (non-hydrogen) atoms. The zero-order valence-electron chi connectivity index (χ0n) is 16.1. The van der Waals surface area contributed by atoms with Crippen LogP contribution in [0.1, 0.15) is 34.3 Å². The van der Waals surface area contributed by atoms with Gasteiger partial charge < -0.3 is 19.3 Å². The summed E-state index contributed by atoms with van der Waals surface area (Å²) in [5.41, 5.74) is 3.05. The molecular weight excluding hydrogens is 374 g/mol. The summed E-state index contributed by atoms with van der Waals surface area (Å²) in [7, 11) is 0. The van der Waals surface area contributed by atoms with Crippen LogP contribution in [0.25, 0.3) is 10.9 Å². The molecule has 8 heteroatoms. The number of pyridine rings is 1. The third-order valence-electron chi connectivity index (χ3n) is 6.18. The van der Waals surface area contributed by atoms with Gasteiger partial charge in [-0.15, -0.1) is 0 Å². The Morgan fingerprint density at radius 2 is 1.79 bits per heavy atom. The minimum absolute atomic E-state index is 0.00789. The lowest BCUT2D eigenvalue weighted by atomic mass is 9.90. The van der Waals surface area contributed by atoms with E-state index in [2.05, 4.69) is 0 Å². The summed E-state index contributed by atoms with van der Waals surface area (Å²) < 4.78 is 7.26. The van der Waals surface area contributed by atoms with Gasteiger partial charge in [0.05, 0.1) is 24.4 Å². The van der Waals surface area contributed by atoms with Crippen LogP contribution in [0, 0.1) is 0 Å². The molecule has 0 aliphatic carbocycles. The molecule has 0 bridgehead atoms. The second-order valence-corrected chi connectivity index (χ2v) is 7.87. The number of urea groups is 1. The minimum atomic E-state index is -1.20. The van der Waals surface area contributed by atoms with Crippen molar-refractivity contribution in [3.05, 3.63) is 39.2 Å². The van der Waals surface area contributed by atoms with Gasteiger partial charge in [0, 0.05) is 43.3 Å². The van der Waals surface area contributed by atoms with Gasteiger partial charge in [-0.05, 0) is 37.3 Å². The molecule has 0 atom stereocenters. The van der Waals surface area contributed by atoms with Crippen LogP contribution in [0.5, 0.6) is 0 Å². The third kappa shape index (κ3) is 2.81. The van der Waals surface area contributed by atoms with E-state index < -0.39 is 11.4 Å². The van der Waals surface area contributed by atoms with Crippen LogP contribution in [-0.4, -0.2) is 59.4 Å². The highest BCUT2D eigenvalue weighted by Gasteiger charge is 2.32. The molecule has 0 radical (unpaired) electrons. The van der Waals surface area contributed by atoms with E-state index in [0.29, 0.717) is 44.8 Å². The maximum atomic E-state index is 13.3. The highest BCUT2D eigenvalue weighted by molar-refractivity contribution is 6.01. The van der Waals surface area contributed by atoms with E-state index in [1.807, 2.05) is 20.4 Å². The van der Waals surface area contributed by atoms with Crippen LogP contribution >= 0.6 is 0 Å². The van der Waals surface area contributed by atoms with E-state index in [-0.39, 0.29) is 11.6 Å². The first-order valence-corrected chi connectivity index (χ1v) is 10.2. The number of benzene rings is 1. The quantitative estimate of drug-likeness (QED) is 0.793. The van der Waals surface area contributed by atoms with Gasteiger partial charge in [-0.25, -0.2) is 9.59 Å². The average molecular weight is 397 g/mol. The number of ether oxygens (including phenoxy) is 1. The van der Waals surface area contributed by atoms with Crippen molar-refractivity contribution >= 4 is 28.6 Å². The summed E-state index contributed by atoms with van der Waals surface area (Å²) in [4.78, 5) is 41.4. The van der Waals surface area contributed by atoms with Crippen molar-refractivity contribution in [2.75, 3.05) is 37.7 Å². The van der Waals surface area contributed by atoms with Crippen molar-refractivity contribution < 1.29 is 19.4 Å². The number of hydrogen-bond donors (Lipinski definition) is 1. The van der Waals surface area contributed by atoms with Gasteiger partial charge in [-0.3, -0.25) is 9.69 Å². The van der Waals surface area contributed by atoms with E-state index in [9.17, 15) is 19.5 Å². The second kappa shape index (κ2) is 6.88. The fourth-order valence-electron chi connectivity index (χ4n) is 4.88. The van der Waals surface area contributed by atoms with Crippen LogP contribution in [0.3, 0.4) is 0 Å². The van der Waals surface area contributed by atoms with Crippen LogP contribution in [0.15, 0.2) is 17.1 Å². The lowest BCUT2D eigenvalue weighted by Gasteiger charge is -2.38. The highest BCUT2D eigenvalue weighted by Crippen LogP contribution is 2.39. The SMILES string of the molecule is O=C(O)c1cn2c3c(c4c(cc3c1=O)CCCN4C(=O)N1CCOCC1)CCC2. The standard InChI is InChI=1S/C21H23N3O5/c25-19-15-11-13-3-1-6-24(21(28)22-7-9-29-10-8-22)17(13)14-4-2-5-23(18(14)15)12-16(19)20(26)27/h11-12H,1-10H2,(H,26,27). The van der Waals surface area contributed by atoms with E-state index in [1.165, 1.54) is 6.20 Å². The highest BCUT2D eigenvalue weighted by atomic mass is 16.5. The first-order valence-electron chi connectivity index (χ1n) is 10.2. The number of rotatable bonds is 1. The first kappa shape index (κ1) is 18.2. The Morgan fingerprint density at radius 1 is 1.03 bits per heavy atom. The van der Waals surface area contributed by atoms with Crippen LogP contribution in [0.4, 0.5) is 10.5 Å². The summed E-state index contributed by atoms with van der Waals surface area (Å²) in [5.74, 6) is -1.20. The number of fused-ring (bicyclic) bond motifs is 2. The zero-order valence-corrected chi connectivity index (χ0v) is 16.1. The lowest BCUT2D eigenvalue weighted by molar-refractivity contribution is 0.0548. The van der Waals surface area contributed by atoms with Crippen LogP contribution in [0.2, 0.25) is 0 Å². The molecule has 4 heterocycles.